The topological polar surface area (TPSA) is 172 Å². The second-order valence-corrected chi connectivity index (χ2v) is 11.8. The number of rotatable bonds is 13. The molecule has 4 rings (SSSR count). The van der Waals surface area contributed by atoms with Crippen LogP contribution in [0.1, 0.15) is 36.0 Å². The summed E-state index contributed by atoms with van der Waals surface area (Å²) < 4.78 is 52.1. The lowest BCUT2D eigenvalue weighted by molar-refractivity contribution is -0.0324. The summed E-state index contributed by atoms with van der Waals surface area (Å²) in [6.45, 7) is 4.17. The fourth-order valence-electron chi connectivity index (χ4n) is 4.15. The summed E-state index contributed by atoms with van der Waals surface area (Å²) in [5, 5.41) is 26.5. The first-order valence-electron chi connectivity index (χ1n) is 12.7. The molecule has 0 amide bonds. The number of hydrogen-bond acceptors (Lipinski definition) is 12. The molecule has 3 heterocycles. The number of aliphatic hydroxyl groups is 2. The zero-order valence-electron chi connectivity index (χ0n) is 23.4. The normalized spacial score (nSPS) is 14.0. The van der Waals surface area contributed by atoms with Crippen molar-refractivity contribution >= 4 is 9.84 Å². The molecule has 2 N–H and O–H groups in total. The van der Waals surface area contributed by atoms with Crippen molar-refractivity contribution in [1.29, 1.82) is 0 Å². The Morgan fingerprint density at radius 2 is 1.68 bits per heavy atom. The third kappa shape index (κ3) is 6.56. The number of ether oxygens (including phenoxy) is 3. The Labute approximate surface area is 237 Å². The third-order valence-corrected chi connectivity index (χ3v) is 8.41. The minimum Gasteiger partial charge on any atom is -0.494 e. The van der Waals surface area contributed by atoms with E-state index in [4.69, 9.17) is 18.6 Å². The van der Waals surface area contributed by atoms with Crippen molar-refractivity contribution in [3.05, 3.63) is 65.7 Å². The van der Waals surface area contributed by atoms with Crippen LogP contribution >= 0.6 is 0 Å². The van der Waals surface area contributed by atoms with Crippen molar-refractivity contribution in [2.45, 2.75) is 44.0 Å². The van der Waals surface area contributed by atoms with Crippen molar-refractivity contribution in [2.24, 2.45) is 0 Å². The van der Waals surface area contributed by atoms with Crippen molar-refractivity contribution in [3.8, 4) is 28.8 Å². The first-order chi connectivity index (χ1) is 19.6. The molecule has 0 fully saturated rings. The molecule has 0 aliphatic rings. The van der Waals surface area contributed by atoms with Crippen LogP contribution in [0.3, 0.4) is 0 Å². The van der Waals surface area contributed by atoms with Gasteiger partial charge in [0.25, 0.3) is 0 Å². The fourth-order valence-corrected chi connectivity index (χ4v) is 5.53. The smallest absolute Gasteiger partial charge is 0.204 e. The van der Waals surface area contributed by atoms with Gasteiger partial charge in [-0.25, -0.2) is 18.4 Å². The summed E-state index contributed by atoms with van der Waals surface area (Å²) in [5.74, 6) is 1.68. The molecule has 3 atom stereocenters. The van der Waals surface area contributed by atoms with Crippen LogP contribution in [0.25, 0.3) is 17.3 Å². The highest BCUT2D eigenvalue weighted by Gasteiger charge is 2.36. The van der Waals surface area contributed by atoms with Crippen LogP contribution in [-0.2, 0) is 20.3 Å². The van der Waals surface area contributed by atoms with Crippen LogP contribution in [0.5, 0.6) is 11.5 Å². The van der Waals surface area contributed by atoms with E-state index >= 15 is 0 Å². The molecular weight excluding hydrogens is 554 g/mol. The lowest BCUT2D eigenvalue weighted by Gasteiger charge is -2.24. The van der Waals surface area contributed by atoms with Gasteiger partial charge in [-0.15, -0.1) is 10.2 Å². The van der Waals surface area contributed by atoms with Crippen molar-refractivity contribution in [2.75, 3.05) is 27.4 Å². The zero-order chi connectivity index (χ0) is 29.7. The number of para-hydroxylation sites is 1. The summed E-state index contributed by atoms with van der Waals surface area (Å²) in [6, 6.07) is 8.63. The molecule has 0 saturated carbocycles. The minimum atomic E-state index is -4.04. The van der Waals surface area contributed by atoms with E-state index in [1.54, 1.807) is 56.6 Å². The predicted molar refractivity (Wildman–Crippen MR) is 148 cm³/mol. The van der Waals surface area contributed by atoms with Crippen LogP contribution in [0.2, 0.25) is 0 Å². The van der Waals surface area contributed by atoms with Gasteiger partial charge in [0.15, 0.2) is 27.2 Å². The van der Waals surface area contributed by atoms with Crippen molar-refractivity contribution < 1.29 is 37.3 Å². The summed E-state index contributed by atoms with van der Waals surface area (Å²) in [5.41, 5.74) is 1.17. The van der Waals surface area contributed by atoms with E-state index in [0.717, 1.165) is 5.56 Å². The maximum Gasteiger partial charge on any atom is 0.204 e. The molecule has 41 heavy (non-hydrogen) atoms. The van der Waals surface area contributed by atoms with Gasteiger partial charge in [-0.3, -0.25) is 4.57 Å². The number of aromatic nitrogens is 5. The number of sulfone groups is 1. The Hall–Kier alpha value is -3.85. The monoisotopic (exact) mass is 587 g/mol. The zero-order valence-corrected chi connectivity index (χ0v) is 24.2. The van der Waals surface area contributed by atoms with E-state index in [1.807, 2.05) is 0 Å². The summed E-state index contributed by atoms with van der Waals surface area (Å²) in [7, 11) is -1.07. The molecule has 220 valence electrons. The highest BCUT2D eigenvalue weighted by Crippen LogP contribution is 2.37. The molecule has 0 spiro atoms. The molecule has 0 saturated heterocycles. The standard InChI is InChI=1S/C27H33N5O8S/c1-16-11-28-26(29-12-16)25(39-14-19(34)13-33)18(3)41(35,36)15-23-30-31-27(22-10-9-17(2)40-22)32(23)24-20(37-4)7-6-8-21(24)38-5/h6-12,18-19,25,33-34H,13-15H2,1-5H3/t18-,19+,25+/m1/s1. The molecule has 14 heteroatoms. The van der Waals surface area contributed by atoms with Crippen LogP contribution in [-0.4, -0.2) is 82.2 Å². The molecular formula is C27H33N5O8S. The Balaban J connectivity index is 1.80. The molecule has 0 bridgehead atoms. The average Bonchev–Trinajstić information content (AvgIpc) is 3.58. The lowest BCUT2D eigenvalue weighted by Crippen LogP contribution is -2.33. The summed E-state index contributed by atoms with van der Waals surface area (Å²) in [4.78, 5) is 8.51. The molecule has 3 aromatic heterocycles. The Morgan fingerprint density at radius 3 is 2.24 bits per heavy atom. The molecule has 0 aliphatic heterocycles. The van der Waals surface area contributed by atoms with Crippen LogP contribution < -0.4 is 9.47 Å². The van der Waals surface area contributed by atoms with E-state index in [1.165, 1.54) is 25.7 Å². The van der Waals surface area contributed by atoms with E-state index in [9.17, 15) is 18.6 Å². The Morgan fingerprint density at radius 1 is 1.02 bits per heavy atom. The van der Waals surface area contributed by atoms with Crippen molar-refractivity contribution in [1.82, 2.24) is 24.7 Å². The van der Waals surface area contributed by atoms with Gasteiger partial charge in [-0.05, 0) is 50.6 Å². The minimum absolute atomic E-state index is 0.0719. The van der Waals surface area contributed by atoms with E-state index < -0.39 is 39.7 Å². The lowest BCUT2D eigenvalue weighted by atomic mass is 10.2. The maximum absolute atomic E-state index is 13.9. The van der Waals surface area contributed by atoms with Gasteiger partial charge < -0.3 is 28.8 Å². The van der Waals surface area contributed by atoms with Crippen LogP contribution in [0.15, 0.2) is 47.1 Å². The van der Waals surface area contributed by atoms with E-state index in [2.05, 4.69) is 20.2 Å². The van der Waals surface area contributed by atoms with Gasteiger partial charge in [0.2, 0.25) is 5.82 Å². The highest BCUT2D eigenvalue weighted by molar-refractivity contribution is 7.91. The van der Waals surface area contributed by atoms with Gasteiger partial charge in [0.05, 0.1) is 32.7 Å². The number of furan rings is 1. The molecule has 0 aliphatic carbocycles. The summed E-state index contributed by atoms with van der Waals surface area (Å²) in [6.07, 6.45) is 0.732. The Bertz CT molecular complexity index is 1550. The van der Waals surface area contributed by atoms with Crippen LogP contribution in [0, 0.1) is 13.8 Å². The SMILES string of the molecule is COc1cccc(OC)c1-n1c(CS(=O)(=O)[C@H](C)[C@H](OC[C@@H](O)CO)c2ncc(C)cn2)nnc1-c1ccc(C)o1. The van der Waals surface area contributed by atoms with Crippen molar-refractivity contribution in [3.63, 3.8) is 0 Å². The maximum atomic E-state index is 13.9. The number of methoxy groups -OCH3 is 2. The van der Waals surface area contributed by atoms with Gasteiger partial charge in [0.1, 0.15) is 40.9 Å². The molecule has 0 unspecified atom stereocenters. The number of aryl methyl sites for hydroxylation is 2. The van der Waals surface area contributed by atoms with Gasteiger partial charge in [-0.1, -0.05) is 6.07 Å². The average molecular weight is 588 g/mol. The number of hydrogen-bond donors (Lipinski definition) is 2. The highest BCUT2D eigenvalue weighted by atomic mass is 32.2. The second-order valence-electron chi connectivity index (χ2n) is 9.42. The predicted octanol–water partition coefficient (Wildman–Crippen LogP) is 2.37. The van der Waals surface area contributed by atoms with Gasteiger partial charge in [-0.2, -0.15) is 0 Å². The largest absolute Gasteiger partial charge is 0.494 e. The van der Waals surface area contributed by atoms with Gasteiger partial charge >= 0.3 is 0 Å². The second kappa shape index (κ2) is 12.8. The molecule has 0 radical (unpaired) electrons. The first kappa shape index (κ1) is 30.1. The van der Waals surface area contributed by atoms with E-state index in [-0.39, 0.29) is 24.1 Å². The third-order valence-electron chi connectivity index (χ3n) is 6.37. The number of nitrogens with zero attached hydrogens (tertiary/aromatic N) is 5. The molecule has 4 aromatic rings. The van der Waals surface area contributed by atoms with Crippen LogP contribution in [0.4, 0.5) is 0 Å². The molecule has 13 nitrogen and oxygen atoms in total. The van der Waals surface area contributed by atoms with Gasteiger partial charge in [0, 0.05) is 12.4 Å². The summed E-state index contributed by atoms with van der Waals surface area (Å²) >= 11 is 0. The molecule has 1 aromatic carbocycles. The fraction of sp³-hybridized carbons (Fsp3) is 0.407. The van der Waals surface area contributed by atoms with E-state index in [0.29, 0.717) is 28.7 Å². The number of benzene rings is 1. The quantitative estimate of drug-likeness (QED) is 0.234. The first-order valence-corrected chi connectivity index (χ1v) is 14.4. The number of aliphatic hydroxyl groups excluding tert-OH is 2. The Kier molecular flexibility index (Phi) is 9.38.